The van der Waals surface area contributed by atoms with E-state index in [1.165, 1.54) is 4.90 Å². The van der Waals surface area contributed by atoms with Crippen molar-refractivity contribution in [2.45, 2.75) is 38.5 Å². The van der Waals surface area contributed by atoms with E-state index < -0.39 is 12.2 Å². The van der Waals surface area contributed by atoms with Gasteiger partial charge in [0.15, 0.2) is 0 Å². The van der Waals surface area contributed by atoms with Gasteiger partial charge in [-0.1, -0.05) is 0 Å². The standard InChI is InChI=1S/C10H20N2O3/c1-10(2,3)11-4-9(15)12-5-7(13)8(14)6-12/h7-8,11,13-14H,4-6H2,1-3H3/t7-,8+. The third kappa shape index (κ3) is 3.77. The molecule has 0 aromatic carbocycles. The molecule has 1 amide bonds. The molecule has 0 spiro atoms. The van der Waals surface area contributed by atoms with Crippen molar-refractivity contribution in [1.29, 1.82) is 0 Å². The Kier molecular flexibility index (Phi) is 3.70. The van der Waals surface area contributed by atoms with E-state index in [0.717, 1.165) is 0 Å². The molecule has 2 atom stereocenters. The van der Waals surface area contributed by atoms with Crippen LogP contribution in [0.25, 0.3) is 0 Å². The first kappa shape index (κ1) is 12.4. The Morgan fingerprint density at radius 2 is 1.80 bits per heavy atom. The summed E-state index contributed by atoms with van der Waals surface area (Å²) in [6.45, 7) is 6.64. The lowest BCUT2D eigenvalue weighted by Crippen LogP contribution is -2.44. The third-order valence-corrected chi connectivity index (χ3v) is 2.38. The van der Waals surface area contributed by atoms with Crippen LogP contribution in [0.1, 0.15) is 20.8 Å². The van der Waals surface area contributed by atoms with Gasteiger partial charge in [-0.2, -0.15) is 0 Å². The SMILES string of the molecule is CC(C)(C)NCC(=O)N1C[C@@H](O)[C@@H](O)C1. The molecule has 1 fully saturated rings. The molecule has 1 saturated heterocycles. The van der Waals surface area contributed by atoms with Crippen molar-refractivity contribution in [2.75, 3.05) is 19.6 Å². The molecule has 1 aliphatic heterocycles. The summed E-state index contributed by atoms with van der Waals surface area (Å²) in [7, 11) is 0. The van der Waals surface area contributed by atoms with Gasteiger partial charge in [0.25, 0.3) is 0 Å². The van der Waals surface area contributed by atoms with Crippen LogP contribution in [0.2, 0.25) is 0 Å². The Morgan fingerprint density at radius 3 is 2.20 bits per heavy atom. The minimum atomic E-state index is -0.802. The van der Waals surface area contributed by atoms with Gasteiger partial charge in [0.1, 0.15) is 0 Å². The monoisotopic (exact) mass is 216 g/mol. The highest BCUT2D eigenvalue weighted by atomic mass is 16.3. The van der Waals surface area contributed by atoms with E-state index in [1.807, 2.05) is 20.8 Å². The van der Waals surface area contributed by atoms with Crippen LogP contribution in [0.3, 0.4) is 0 Å². The fourth-order valence-electron chi connectivity index (χ4n) is 1.43. The summed E-state index contributed by atoms with van der Waals surface area (Å²) in [6, 6.07) is 0. The number of hydrogen-bond acceptors (Lipinski definition) is 4. The van der Waals surface area contributed by atoms with Gasteiger partial charge < -0.3 is 20.4 Å². The van der Waals surface area contributed by atoms with Crippen LogP contribution in [-0.4, -0.2) is 58.4 Å². The number of likely N-dealkylation sites (tertiary alicyclic amines) is 1. The molecule has 0 aromatic rings. The normalized spacial score (nSPS) is 27.1. The second kappa shape index (κ2) is 4.47. The quantitative estimate of drug-likeness (QED) is 0.550. The highest BCUT2D eigenvalue weighted by molar-refractivity contribution is 5.78. The van der Waals surface area contributed by atoms with Crippen LogP contribution in [0.5, 0.6) is 0 Å². The van der Waals surface area contributed by atoms with E-state index in [-0.39, 0.29) is 31.1 Å². The molecule has 5 nitrogen and oxygen atoms in total. The highest BCUT2D eigenvalue weighted by Gasteiger charge is 2.32. The Balaban J connectivity index is 2.36. The molecule has 0 aliphatic carbocycles. The number of β-amino-alcohol motifs (C(OH)–C–C–N with tert-alkyl or cyclic N) is 2. The maximum Gasteiger partial charge on any atom is 0.236 e. The van der Waals surface area contributed by atoms with Crippen LogP contribution < -0.4 is 5.32 Å². The van der Waals surface area contributed by atoms with Crippen molar-refractivity contribution in [3.8, 4) is 0 Å². The lowest BCUT2D eigenvalue weighted by atomic mass is 10.1. The summed E-state index contributed by atoms with van der Waals surface area (Å²) in [5.74, 6) is -0.0828. The van der Waals surface area contributed by atoms with Crippen LogP contribution in [-0.2, 0) is 4.79 Å². The molecule has 5 heteroatoms. The lowest BCUT2D eigenvalue weighted by Gasteiger charge is -2.22. The Labute approximate surface area is 90.1 Å². The summed E-state index contributed by atoms with van der Waals surface area (Å²) in [4.78, 5) is 13.1. The summed E-state index contributed by atoms with van der Waals surface area (Å²) >= 11 is 0. The number of nitrogens with zero attached hydrogens (tertiary/aromatic N) is 1. The Bertz CT molecular complexity index is 227. The maximum atomic E-state index is 11.6. The molecular formula is C10H20N2O3. The first-order valence-electron chi connectivity index (χ1n) is 5.18. The van der Waals surface area contributed by atoms with Crippen molar-refractivity contribution in [2.24, 2.45) is 0 Å². The second-order valence-electron chi connectivity index (χ2n) is 5.04. The zero-order chi connectivity index (χ0) is 11.6. The highest BCUT2D eigenvalue weighted by Crippen LogP contribution is 2.10. The number of aliphatic hydroxyl groups excluding tert-OH is 2. The van der Waals surface area contributed by atoms with Crippen LogP contribution in [0.15, 0.2) is 0 Å². The minimum Gasteiger partial charge on any atom is -0.388 e. The third-order valence-electron chi connectivity index (χ3n) is 2.38. The Morgan fingerprint density at radius 1 is 1.33 bits per heavy atom. The van der Waals surface area contributed by atoms with E-state index in [0.29, 0.717) is 0 Å². The predicted molar refractivity (Wildman–Crippen MR) is 56.3 cm³/mol. The predicted octanol–water partition coefficient (Wildman–Crippen LogP) is -1.06. The zero-order valence-electron chi connectivity index (χ0n) is 9.53. The summed E-state index contributed by atoms with van der Waals surface area (Å²) in [5.41, 5.74) is -0.105. The fourth-order valence-corrected chi connectivity index (χ4v) is 1.43. The lowest BCUT2D eigenvalue weighted by molar-refractivity contribution is -0.130. The Hall–Kier alpha value is -0.650. The summed E-state index contributed by atoms with van der Waals surface area (Å²) < 4.78 is 0. The van der Waals surface area contributed by atoms with Gasteiger partial charge in [-0.15, -0.1) is 0 Å². The molecule has 0 aromatic heterocycles. The molecular weight excluding hydrogens is 196 g/mol. The first-order valence-corrected chi connectivity index (χ1v) is 5.18. The number of rotatable bonds is 2. The van der Waals surface area contributed by atoms with Gasteiger partial charge in [0.05, 0.1) is 18.8 Å². The van der Waals surface area contributed by atoms with Crippen LogP contribution in [0, 0.1) is 0 Å². The van der Waals surface area contributed by atoms with Gasteiger partial charge in [-0.25, -0.2) is 0 Å². The molecule has 1 heterocycles. The average molecular weight is 216 g/mol. The molecule has 0 saturated carbocycles. The largest absolute Gasteiger partial charge is 0.388 e. The fraction of sp³-hybridized carbons (Fsp3) is 0.900. The maximum absolute atomic E-state index is 11.6. The number of amides is 1. The topological polar surface area (TPSA) is 72.8 Å². The molecule has 15 heavy (non-hydrogen) atoms. The van der Waals surface area contributed by atoms with E-state index >= 15 is 0 Å². The number of carbonyl (C=O) groups is 1. The van der Waals surface area contributed by atoms with Crippen molar-refractivity contribution >= 4 is 5.91 Å². The van der Waals surface area contributed by atoms with Crippen molar-refractivity contribution in [1.82, 2.24) is 10.2 Å². The van der Waals surface area contributed by atoms with Gasteiger partial charge in [0.2, 0.25) is 5.91 Å². The van der Waals surface area contributed by atoms with E-state index in [2.05, 4.69) is 5.32 Å². The molecule has 1 rings (SSSR count). The molecule has 0 radical (unpaired) electrons. The summed E-state index contributed by atoms with van der Waals surface area (Å²) in [5, 5.41) is 21.6. The van der Waals surface area contributed by atoms with Gasteiger partial charge in [-0.3, -0.25) is 4.79 Å². The number of carbonyl (C=O) groups excluding carboxylic acids is 1. The minimum absolute atomic E-state index is 0.0828. The van der Waals surface area contributed by atoms with E-state index in [9.17, 15) is 15.0 Å². The molecule has 0 unspecified atom stereocenters. The van der Waals surface area contributed by atoms with Gasteiger partial charge >= 0.3 is 0 Å². The zero-order valence-corrected chi connectivity index (χ0v) is 9.53. The van der Waals surface area contributed by atoms with Gasteiger partial charge in [0, 0.05) is 18.6 Å². The second-order valence-corrected chi connectivity index (χ2v) is 5.04. The number of aliphatic hydroxyl groups is 2. The first-order chi connectivity index (χ1) is 6.79. The van der Waals surface area contributed by atoms with Crippen LogP contribution >= 0.6 is 0 Å². The number of nitrogens with one attached hydrogen (secondary N) is 1. The average Bonchev–Trinajstić information content (AvgIpc) is 2.42. The van der Waals surface area contributed by atoms with Crippen molar-refractivity contribution in [3.05, 3.63) is 0 Å². The molecule has 88 valence electrons. The van der Waals surface area contributed by atoms with E-state index in [1.54, 1.807) is 0 Å². The van der Waals surface area contributed by atoms with Crippen molar-refractivity contribution < 1.29 is 15.0 Å². The molecule has 1 aliphatic rings. The number of hydrogen-bond donors (Lipinski definition) is 3. The van der Waals surface area contributed by atoms with E-state index in [4.69, 9.17) is 0 Å². The van der Waals surface area contributed by atoms with Crippen LogP contribution in [0.4, 0.5) is 0 Å². The smallest absolute Gasteiger partial charge is 0.236 e. The van der Waals surface area contributed by atoms with Gasteiger partial charge in [-0.05, 0) is 20.8 Å². The van der Waals surface area contributed by atoms with Crippen molar-refractivity contribution in [3.63, 3.8) is 0 Å². The molecule has 3 N–H and O–H groups in total. The molecule has 0 bridgehead atoms. The summed E-state index contributed by atoms with van der Waals surface area (Å²) in [6.07, 6.45) is -1.60.